The highest BCUT2D eigenvalue weighted by Gasteiger charge is 2.34. The normalized spacial score (nSPS) is 20.9. The number of anilines is 2. The molecule has 2 fully saturated rings. The minimum absolute atomic E-state index is 0.218. The van der Waals surface area contributed by atoms with Gasteiger partial charge >= 0.3 is 6.09 Å². The summed E-state index contributed by atoms with van der Waals surface area (Å²) < 4.78 is 25.0. The number of carbonyl (C=O) groups excluding carboxylic acids is 1. The Morgan fingerprint density at radius 2 is 2.17 bits per heavy atom. The van der Waals surface area contributed by atoms with Gasteiger partial charge in [-0.2, -0.15) is 0 Å². The number of hydrogen-bond donors (Lipinski definition) is 1. The highest BCUT2D eigenvalue weighted by Crippen LogP contribution is 2.29. The van der Waals surface area contributed by atoms with Crippen molar-refractivity contribution in [3.8, 4) is 0 Å². The molecule has 1 N–H and O–H groups in total. The number of ether oxygens (including phenoxy) is 2. The smallest absolute Gasteiger partial charge is 0.414 e. The van der Waals surface area contributed by atoms with E-state index in [2.05, 4.69) is 5.32 Å². The van der Waals surface area contributed by atoms with Crippen LogP contribution in [0.1, 0.15) is 6.92 Å². The van der Waals surface area contributed by atoms with Crippen molar-refractivity contribution in [1.82, 2.24) is 5.32 Å². The van der Waals surface area contributed by atoms with Crippen molar-refractivity contribution in [3.63, 3.8) is 0 Å². The summed E-state index contributed by atoms with van der Waals surface area (Å²) in [7, 11) is 0. The van der Waals surface area contributed by atoms with Crippen LogP contribution >= 0.6 is 12.2 Å². The molecule has 0 aliphatic carbocycles. The van der Waals surface area contributed by atoms with Gasteiger partial charge in [0.25, 0.3) is 0 Å². The van der Waals surface area contributed by atoms with Crippen LogP contribution in [-0.2, 0) is 9.47 Å². The van der Waals surface area contributed by atoms with E-state index in [1.807, 2.05) is 4.90 Å². The fraction of sp³-hybridized carbons (Fsp3) is 0.500. The standard InChI is InChI=1S/C16H20FN3O3S/c1-11(24)18-9-13-10-23-16(21)20(13)12-2-3-15(14(17)8-12)19-4-6-22-7-5-19/h2-3,8,13H,4-7,9-10H2,1H3,(H,18,24)/t13-/m0/s1. The minimum atomic E-state index is -0.470. The lowest BCUT2D eigenvalue weighted by Gasteiger charge is -2.30. The van der Waals surface area contributed by atoms with Gasteiger partial charge < -0.3 is 19.7 Å². The predicted molar refractivity (Wildman–Crippen MR) is 93.3 cm³/mol. The van der Waals surface area contributed by atoms with Gasteiger partial charge in [0.05, 0.1) is 35.6 Å². The first-order valence-electron chi connectivity index (χ1n) is 7.89. The summed E-state index contributed by atoms with van der Waals surface area (Å²) in [6, 6.07) is 4.62. The van der Waals surface area contributed by atoms with E-state index < -0.39 is 6.09 Å². The van der Waals surface area contributed by atoms with Gasteiger partial charge in [0.15, 0.2) is 0 Å². The Labute approximate surface area is 145 Å². The van der Waals surface area contributed by atoms with Crippen molar-refractivity contribution >= 4 is 34.7 Å². The zero-order chi connectivity index (χ0) is 17.1. The van der Waals surface area contributed by atoms with E-state index in [0.717, 1.165) is 0 Å². The first kappa shape index (κ1) is 16.9. The number of cyclic esters (lactones) is 1. The lowest BCUT2D eigenvalue weighted by atomic mass is 10.2. The second-order valence-electron chi connectivity index (χ2n) is 5.77. The topological polar surface area (TPSA) is 54.0 Å². The van der Waals surface area contributed by atoms with Crippen molar-refractivity contribution in [2.24, 2.45) is 0 Å². The van der Waals surface area contributed by atoms with Crippen molar-refractivity contribution < 1.29 is 18.7 Å². The maximum absolute atomic E-state index is 14.6. The maximum Gasteiger partial charge on any atom is 0.414 e. The molecule has 0 aromatic heterocycles. The summed E-state index contributed by atoms with van der Waals surface area (Å²) in [6.07, 6.45) is -0.470. The lowest BCUT2D eigenvalue weighted by Crippen LogP contribution is -2.42. The zero-order valence-corrected chi connectivity index (χ0v) is 14.3. The van der Waals surface area contributed by atoms with Gasteiger partial charge in [0.2, 0.25) is 0 Å². The third-order valence-electron chi connectivity index (χ3n) is 4.11. The molecule has 0 bridgehead atoms. The van der Waals surface area contributed by atoms with Crippen LogP contribution in [0, 0.1) is 5.82 Å². The molecule has 1 aromatic carbocycles. The van der Waals surface area contributed by atoms with Crippen molar-refractivity contribution in [3.05, 3.63) is 24.0 Å². The number of halogens is 1. The van der Waals surface area contributed by atoms with Crippen molar-refractivity contribution in [1.29, 1.82) is 0 Å². The van der Waals surface area contributed by atoms with Gasteiger partial charge in [-0.1, -0.05) is 12.2 Å². The highest BCUT2D eigenvalue weighted by molar-refractivity contribution is 7.80. The van der Waals surface area contributed by atoms with Crippen LogP contribution in [0.3, 0.4) is 0 Å². The molecule has 0 spiro atoms. The number of benzene rings is 1. The van der Waals surface area contributed by atoms with E-state index in [9.17, 15) is 9.18 Å². The van der Waals surface area contributed by atoms with Crippen LogP contribution in [0.15, 0.2) is 18.2 Å². The third-order valence-corrected chi connectivity index (χ3v) is 4.25. The molecule has 2 heterocycles. The summed E-state index contributed by atoms with van der Waals surface area (Å²) in [5.74, 6) is -0.355. The van der Waals surface area contributed by atoms with Crippen LogP contribution < -0.4 is 15.1 Å². The Morgan fingerprint density at radius 3 is 2.83 bits per heavy atom. The zero-order valence-electron chi connectivity index (χ0n) is 13.5. The molecular formula is C16H20FN3O3S. The van der Waals surface area contributed by atoms with Gasteiger partial charge in [-0.15, -0.1) is 0 Å². The Bertz CT molecular complexity index is 637. The van der Waals surface area contributed by atoms with Gasteiger partial charge in [-0.25, -0.2) is 9.18 Å². The van der Waals surface area contributed by atoms with Gasteiger partial charge in [0, 0.05) is 19.6 Å². The number of carbonyl (C=O) groups is 1. The number of morpholine rings is 1. The predicted octanol–water partition coefficient (Wildman–Crippen LogP) is 1.92. The number of rotatable bonds is 4. The Morgan fingerprint density at radius 1 is 1.42 bits per heavy atom. The molecule has 0 unspecified atom stereocenters. The Hall–Kier alpha value is -1.93. The van der Waals surface area contributed by atoms with Crippen LogP contribution in [0.25, 0.3) is 0 Å². The second-order valence-corrected chi connectivity index (χ2v) is 6.39. The molecule has 24 heavy (non-hydrogen) atoms. The minimum Gasteiger partial charge on any atom is -0.447 e. The molecule has 8 heteroatoms. The van der Waals surface area contributed by atoms with E-state index in [-0.39, 0.29) is 18.5 Å². The summed E-state index contributed by atoms with van der Waals surface area (Å²) in [4.78, 5) is 16.1. The molecule has 0 radical (unpaired) electrons. The molecule has 0 saturated carbocycles. The fourth-order valence-electron chi connectivity index (χ4n) is 2.89. The maximum atomic E-state index is 14.6. The molecule has 1 amide bonds. The largest absolute Gasteiger partial charge is 0.447 e. The molecule has 2 aliphatic heterocycles. The van der Waals surface area contributed by atoms with E-state index in [4.69, 9.17) is 21.7 Å². The van der Waals surface area contributed by atoms with E-state index in [0.29, 0.717) is 49.2 Å². The SMILES string of the molecule is CC(=S)NC[C@H]1COC(=O)N1c1ccc(N2CCOCC2)c(F)c1. The number of amides is 1. The van der Waals surface area contributed by atoms with Gasteiger partial charge in [0.1, 0.15) is 12.4 Å². The first-order chi connectivity index (χ1) is 11.6. The summed E-state index contributed by atoms with van der Waals surface area (Å²) in [5, 5.41) is 3.03. The lowest BCUT2D eigenvalue weighted by molar-refractivity contribution is 0.122. The number of thiocarbonyl (C=S) groups is 1. The molecule has 3 rings (SSSR count). The van der Waals surface area contributed by atoms with Crippen molar-refractivity contribution in [2.75, 3.05) is 49.3 Å². The molecular weight excluding hydrogens is 333 g/mol. The van der Waals surface area contributed by atoms with Crippen LogP contribution in [0.4, 0.5) is 20.6 Å². The van der Waals surface area contributed by atoms with Crippen LogP contribution in [0.2, 0.25) is 0 Å². The number of nitrogens with one attached hydrogen (secondary N) is 1. The quantitative estimate of drug-likeness (QED) is 0.835. The monoisotopic (exact) mass is 353 g/mol. The molecule has 2 aliphatic rings. The summed E-state index contributed by atoms with van der Waals surface area (Å²) >= 11 is 4.99. The third kappa shape index (κ3) is 3.59. The van der Waals surface area contributed by atoms with Gasteiger partial charge in [-0.05, 0) is 25.1 Å². The van der Waals surface area contributed by atoms with Crippen LogP contribution in [0.5, 0.6) is 0 Å². The average molecular weight is 353 g/mol. The first-order valence-corrected chi connectivity index (χ1v) is 8.30. The number of hydrogen-bond acceptors (Lipinski definition) is 5. The Balaban J connectivity index is 1.78. The molecule has 130 valence electrons. The highest BCUT2D eigenvalue weighted by atomic mass is 32.1. The molecule has 1 atom stereocenters. The van der Waals surface area contributed by atoms with Crippen molar-refractivity contribution in [2.45, 2.75) is 13.0 Å². The molecule has 1 aromatic rings. The molecule has 2 saturated heterocycles. The fourth-order valence-corrected chi connectivity index (χ4v) is 2.98. The molecule has 6 nitrogen and oxygen atoms in total. The summed E-state index contributed by atoms with van der Waals surface area (Å²) in [5.41, 5.74) is 1.01. The van der Waals surface area contributed by atoms with Gasteiger partial charge in [-0.3, -0.25) is 4.90 Å². The van der Waals surface area contributed by atoms with E-state index >= 15 is 0 Å². The van der Waals surface area contributed by atoms with E-state index in [1.165, 1.54) is 11.0 Å². The number of nitrogens with zero attached hydrogens (tertiary/aromatic N) is 2. The summed E-state index contributed by atoms with van der Waals surface area (Å²) in [6.45, 7) is 4.98. The Kier molecular flexibility index (Phi) is 5.15. The van der Waals surface area contributed by atoms with E-state index in [1.54, 1.807) is 19.1 Å². The van der Waals surface area contributed by atoms with Crippen LogP contribution in [-0.4, -0.2) is 56.6 Å². The average Bonchev–Trinajstić information content (AvgIpc) is 2.94. The second kappa shape index (κ2) is 7.31.